The molecule has 5 aromatic rings. The van der Waals surface area contributed by atoms with Crippen molar-refractivity contribution in [3.63, 3.8) is 0 Å². The Kier molecular flexibility index (Phi) is 8.19. The van der Waals surface area contributed by atoms with E-state index >= 15 is 0 Å². The van der Waals surface area contributed by atoms with Gasteiger partial charge in [-0.2, -0.15) is 0 Å². The van der Waals surface area contributed by atoms with Gasteiger partial charge in [-0.25, -0.2) is 9.29 Å². The molecule has 11 heteroatoms. The molecule has 0 radical (unpaired) electrons. The van der Waals surface area contributed by atoms with Gasteiger partial charge < -0.3 is 10.2 Å². The van der Waals surface area contributed by atoms with Gasteiger partial charge in [-0.15, -0.1) is 0 Å². The standard InChI is InChI=1S/C36H31FN4O4S2/c1-3-39(4-2)24-16-12-22(13-17-24)29-30-31(34(44)41(33(30)43)25-18-14-23(37)15-19-25)46-35-32(29)47-36(45)40(35)20-28(42)38-27-11-7-9-21-8-5-6-10-26(21)27/h5-19,29-31H,3-4,20H2,1-2H3,(H,38,42). The van der Waals surface area contributed by atoms with E-state index in [-0.39, 0.29) is 17.3 Å². The number of anilines is 3. The van der Waals surface area contributed by atoms with Crippen LogP contribution in [0.5, 0.6) is 0 Å². The fraction of sp³-hybridized carbons (Fsp3) is 0.222. The van der Waals surface area contributed by atoms with Crippen molar-refractivity contribution in [2.45, 2.75) is 36.6 Å². The van der Waals surface area contributed by atoms with Crippen LogP contribution in [0, 0.1) is 11.7 Å². The summed E-state index contributed by atoms with van der Waals surface area (Å²) in [7, 11) is 0. The molecular weight excluding hydrogens is 636 g/mol. The van der Waals surface area contributed by atoms with E-state index in [9.17, 15) is 23.6 Å². The van der Waals surface area contributed by atoms with Crippen LogP contribution in [0.25, 0.3) is 10.8 Å². The van der Waals surface area contributed by atoms with E-state index in [0.29, 0.717) is 21.3 Å². The molecule has 7 rings (SSSR count). The van der Waals surface area contributed by atoms with Gasteiger partial charge in [0.15, 0.2) is 0 Å². The maximum atomic E-state index is 14.1. The number of rotatable bonds is 8. The first-order valence-corrected chi connectivity index (χ1v) is 17.1. The molecule has 1 fully saturated rings. The second kappa shape index (κ2) is 12.5. The van der Waals surface area contributed by atoms with Crippen molar-refractivity contribution in [1.82, 2.24) is 4.57 Å². The molecule has 1 aromatic heterocycles. The number of imide groups is 1. The number of carbonyl (C=O) groups excluding carboxylic acids is 3. The molecule has 3 amide bonds. The number of hydrogen-bond acceptors (Lipinski definition) is 7. The van der Waals surface area contributed by atoms with Crippen molar-refractivity contribution in [1.29, 1.82) is 0 Å². The van der Waals surface area contributed by atoms with E-state index in [1.165, 1.54) is 28.8 Å². The average Bonchev–Trinajstić information content (AvgIpc) is 3.52. The Morgan fingerprint density at radius 2 is 1.57 bits per heavy atom. The summed E-state index contributed by atoms with van der Waals surface area (Å²) in [4.78, 5) is 58.8. The number of halogens is 1. The van der Waals surface area contributed by atoms with Crippen molar-refractivity contribution < 1.29 is 18.8 Å². The molecule has 0 saturated carbocycles. The van der Waals surface area contributed by atoms with Gasteiger partial charge in [0.25, 0.3) is 0 Å². The van der Waals surface area contributed by atoms with E-state index in [1.807, 2.05) is 66.7 Å². The Morgan fingerprint density at radius 3 is 2.30 bits per heavy atom. The number of thioether (sulfide) groups is 1. The van der Waals surface area contributed by atoms with Gasteiger partial charge in [-0.1, -0.05) is 71.6 Å². The van der Waals surface area contributed by atoms with Gasteiger partial charge in [0, 0.05) is 40.6 Å². The third-order valence-electron chi connectivity index (χ3n) is 8.88. The molecule has 0 spiro atoms. The SMILES string of the molecule is CCN(CC)c1ccc(C2c3sc(=O)n(CC(=O)Nc4cccc5ccccc45)c3SC3C(=O)N(c4ccc(F)cc4)C(=O)C32)cc1. The minimum Gasteiger partial charge on any atom is -0.372 e. The summed E-state index contributed by atoms with van der Waals surface area (Å²) in [5.41, 5.74) is 2.75. The molecule has 3 unspecified atom stereocenters. The fourth-order valence-corrected chi connectivity index (χ4v) is 9.38. The molecule has 1 N–H and O–H groups in total. The van der Waals surface area contributed by atoms with E-state index < -0.39 is 34.7 Å². The number of fused-ring (bicyclic) bond motifs is 3. The highest BCUT2D eigenvalue weighted by Crippen LogP contribution is 2.54. The number of aromatic nitrogens is 1. The molecule has 3 atom stereocenters. The lowest BCUT2D eigenvalue weighted by Crippen LogP contribution is -2.33. The summed E-state index contributed by atoms with van der Waals surface area (Å²) in [6.45, 7) is 5.56. The van der Waals surface area contributed by atoms with Gasteiger partial charge in [0.2, 0.25) is 17.7 Å². The maximum absolute atomic E-state index is 14.1. The molecular formula is C36H31FN4O4S2. The van der Waals surface area contributed by atoms with E-state index in [0.717, 1.165) is 63.1 Å². The van der Waals surface area contributed by atoms with Crippen LogP contribution >= 0.6 is 23.1 Å². The normalized spacial score (nSPS) is 18.7. The molecule has 0 aliphatic carbocycles. The zero-order valence-electron chi connectivity index (χ0n) is 25.7. The number of nitrogens with zero attached hydrogens (tertiary/aromatic N) is 3. The summed E-state index contributed by atoms with van der Waals surface area (Å²) in [5, 5.41) is 4.48. The Balaban J connectivity index is 1.28. The lowest BCUT2D eigenvalue weighted by Gasteiger charge is -2.31. The van der Waals surface area contributed by atoms with Crippen LogP contribution in [0.1, 0.15) is 30.2 Å². The quantitative estimate of drug-likeness (QED) is 0.191. The Bertz CT molecular complexity index is 2070. The number of nitrogens with one attached hydrogen (secondary N) is 1. The van der Waals surface area contributed by atoms with E-state index in [1.54, 1.807) is 0 Å². The van der Waals surface area contributed by atoms with Crippen LogP contribution in [0.15, 0.2) is 101 Å². The topological polar surface area (TPSA) is 91.7 Å². The second-order valence-electron chi connectivity index (χ2n) is 11.5. The monoisotopic (exact) mass is 666 g/mol. The van der Waals surface area contributed by atoms with Crippen molar-refractivity contribution in [3.05, 3.63) is 117 Å². The van der Waals surface area contributed by atoms with Crippen LogP contribution in [0.2, 0.25) is 0 Å². The number of carbonyl (C=O) groups is 3. The van der Waals surface area contributed by atoms with Crippen LogP contribution in [-0.2, 0) is 20.9 Å². The highest BCUT2D eigenvalue weighted by Gasteiger charge is 2.56. The molecule has 47 heavy (non-hydrogen) atoms. The van der Waals surface area contributed by atoms with Gasteiger partial charge in [-0.3, -0.25) is 23.7 Å². The molecule has 4 aromatic carbocycles. The van der Waals surface area contributed by atoms with Crippen LogP contribution in [-0.4, -0.2) is 40.6 Å². The van der Waals surface area contributed by atoms with Crippen LogP contribution in [0.3, 0.4) is 0 Å². The Morgan fingerprint density at radius 1 is 0.872 bits per heavy atom. The first kappa shape index (κ1) is 30.9. The van der Waals surface area contributed by atoms with E-state index in [2.05, 4.69) is 24.1 Å². The predicted molar refractivity (Wildman–Crippen MR) is 185 cm³/mol. The van der Waals surface area contributed by atoms with E-state index in [4.69, 9.17) is 0 Å². The van der Waals surface area contributed by atoms with Crippen molar-refractivity contribution in [2.24, 2.45) is 5.92 Å². The summed E-state index contributed by atoms with van der Waals surface area (Å²) in [6, 6.07) is 26.5. The van der Waals surface area contributed by atoms with Gasteiger partial charge in [0.05, 0.1) is 16.6 Å². The Hall–Kier alpha value is -4.74. The predicted octanol–water partition coefficient (Wildman–Crippen LogP) is 6.48. The zero-order chi connectivity index (χ0) is 32.8. The van der Waals surface area contributed by atoms with Crippen molar-refractivity contribution in [3.8, 4) is 0 Å². The third kappa shape index (κ3) is 5.43. The molecule has 3 heterocycles. The summed E-state index contributed by atoms with van der Waals surface area (Å²) in [6.07, 6.45) is 0. The maximum Gasteiger partial charge on any atom is 0.308 e. The molecule has 2 aliphatic rings. The zero-order valence-corrected chi connectivity index (χ0v) is 27.3. The molecule has 2 aliphatic heterocycles. The summed E-state index contributed by atoms with van der Waals surface area (Å²) in [5.74, 6) is -3.07. The molecule has 238 valence electrons. The van der Waals surface area contributed by atoms with Crippen molar-refractivity contribution in [2.75, 3.05) is 28.2 Å². The smallest absolute Gasteiger partial charge is 0.308 e. The largest absolute Gasteiger partial charge is 0.372 e. The summed E-state index contributed by atoms with van der Waals surface area (Å²) >= 11 is 2.16. The number of thiazole rings is 1. The molecule has 1 saturated heterocycles. The lowest BCUT2D eigenvalue weighted by molar-refractivity contribution is -0.122. The minimum absolute atomic E-state index is 0.254. The lowest BCUT2D eigenvalue weighted by atomic mass is 9.83. The first-order valence-electron chi connectivity index (χ1n) is 15.4. The minimum atomic E-state index is -0.839. The summed E-state index contributed by atoms with van der Waals surface area (Å²) < 4.78 is 15.2. The number of hydrogen-bond donors (Lipinski definition) is 1. The van der Waals surface area contributed by atoms with Gasteiger partial charge in [-0.05, 0) is 67.3 Å². The van der Waals surface area contributed by atoms with Crippen molar-refractivity contribution >= 4 is 68.7 Å². The van der Waals surface area contributed by atoms with Crippen LogP contribution in [0.4, 0.5) is 21.5 Å². The highest BCUT2D eigenvalue weighted by molar-refractivity contribution is 8.00. The average molecular weight is 667 g/mol. The number of amides is 3. The Labute approximate surface area is 278 Å². The molecule has 8 nitrogen and oxygen atoms in total. The van der Waals surface area contributed by atoms with Gasteiger partial charge >= 0.3 is 4.87 Å². The highest BCUT2D eigenvalue weighted by atomic mass is 32.2. The first-order chi connectivity index (χ1) is 22.8. The fourth-order valence-electron chi connectivity index (χ4n) is 6.61. The number of benzene rings is 4. The second-order valence-corrected chi connectivity index (χ2v) is 13.6. The third-order valence-corrected chi connectivity index (χ3v) is 11.5. The molecule has 0 bridgehead atoms. The van der Waals surface area contributed by atoms with Crippen LogP contribution < -0.4 is 20.0 Å². The van der Waals surface area contributed by atoms with Gasteiger partial charge in [0.1, 0.15) is 17.6 Å².